The number of nitro groups is 1. The van der Waals surface area contributed by atoms with Gasteiger partial charge in [-0.3, -0.25) is 14.9 Å². The van der Waals surface area contributed by atoms with Gasteiger partial charge in [-0.1, -0.05) is 35.3 Å². The summed E-state index contributed by atoms with van der Waals surface area (Å²) in [4.78, 5) is 34.6. The molecule has 0 heterocycles. The predicted molar refractivity (Wildman–Crippen MR) is 96.6 cm³/mol. The van der Waals surface area contributed by atoms with Crippen molar-refractivity contribution in [1.29, 1.82) is 0 Å². The molecule has 0 aliphatic heterocycles. The molecule has 0 fully saturated rings. The molecule has 2 amide bonds. The number of nitrogens with one attached hydrogen (secondary N) is 1. The van der Waals surface area contributed by atoms with Crippen LogP contribution in [0.2, 0.25) is 10.0 Å². The highest BCUT2D eigenvalue weighted by Gasteiger charge is 2.18. The number of nitrogens with zero attached hydrogens (tertiary/aromatic N) is 2. The first-order valence-corrected chi connectivity index (χ1v) is 7.98. The number of carboxylic acid groups (broad SMARTS) is 1. The van der Waals surface area contributed by atoms with Crippen LogP contribution in [0.5, 0.6) is 0 Å². The fraction of sp³-hybridized carbons (Fsp3) is 0.125. The zero-order valence-corrected chi connectivity index (χ0v) is 14.7. The normalized spacial score (nSPS) is 10.2. The smallest absolute Gasteiger partial charge is 0.323 e. The van der Waals surface area contributed by atoms with Gasteiger partial charge in [0.2, 0.25) is 0 Å². The number of carbonyl (C=O) groups is 2. The van der Waals surface area contributed by atoms with E-state index in [9.17, 15) is 19.7 Å². The minimum Gasteiger partial charge on any atom is -0.480 e. The van der Waals surface area contributed by atoms with Gasteiger partial charge in [-0.2, -0.15) is 0 Å². The van der Waals surface area contributed by atoms with E-state index in [1.807, 2.05) is 0 Å². The predicted octanol–water partition coefficient (Wildman–Crippen LogP) is 4.02. The number of aliphatic carboxylic acids is 1. The zero-order chi connectivity index (χ0) is 19.3. The quantitative estimate of drug-likeness (QED) is 0.564. The van der Waals surface area contributed by atoms with Crippen LogP contribution < -0.4 is 5.32 Å². The molecule has 2 rings (SSSR count). The van der Waals surface area contributed by atoms with Crippen molar-refractivity contribution in [3.8, 4) is 0 Å². The van der Waals surface area contributed by atoms with Crippen molar-refractivity contribution < 1.29 is 19.6 Å². The van der Waals surface area contributed by atoms with Crippen molar-refractivity contribution in [1.82, 2.24) is 4.90 Å². The molecular weight excluding hydrogens is 385 g/mol. The Morgan fingerprint density at radius 3 is 2.31 bits per heavy atom. The lowest BCUT2D eigenvalue weighted by Gasteiger charge is -2.21. The fourth-order valence-corrected chi connectivity index (χ4v) is 2.38. The number of hydrogen-bond acceptors (Lipinski definition) is 4. The molecule has 0 aliphatic rings. The van der Waals surface area contributed by atoms with Gasteiger partial charge in [0.15, 0.2) is 0 Å². The molecular formula is C16H13Cl2N3O5. The van der Waals surface area contributed by atoms with Crippen molar-refractivity contribution in [3.05, 3.63) is 68.2 Å². The first kappa shape index (κ1) is 19.5. The van der Waals surface area contributed by atoms with Crippen LogP contribution >= 0.6 is 23.2 Å². The summed E-state index contributed by atoms with van der Waals surface area (Å²) in [6.07, 6.45) is 0. The lowest BCUT2D eigenvalue weighted by atomic mass is 10.2. The van der Waals surface area contributed by atoms with E-state index in [-0.39, 0.29) is 17.3 Å². The monoisotopic (exact) mass is 397 g/mol. The van der Waals surface area contributed by atoms with E-state index in [0.717, 1.165) is 4.90 Å². The Kier molecular flexibility index (Phi) is 6.37. The number of nitro benzene ring substituents is 1. The molecule has 2 aromatic rings. The van der Waals surface area contributed by atoms with Gasteiger partial charge in [-0.05, 0) is 23.8 Å². The number of carboxylic acids is 1. The molecule has 2 N–H and O–H groups in total. The summed E-state index contributed by atoms with van der Waals surface area (Å²) in [6.45, 7) is -0.596. The molecule has 0 spiro atoms. The van der Waals surface area contributed by atoms with Crippen LogP contribution in [0.3, 0.4) is 0 Å². The van der Waals surface area contributed by atoms with Gasteiger partial charge in [0.25, 0.3) is 5.69 Å². The Balaban J connectivity index is 2.14. The molecule has 0 atom stereocenters. The molecule has 0 radical (unpaired) electrons. The zero-order valence-electron chi connectivity index (χ0n) is 13.2. The number of urea groups is 1. The molecule has 10 heteroatoms. The third-order valence-electron chi connectivity index (χ3n) is 3.30. The Bertz CT molecular complexity index is 842. The summed E-state index contributed by atoms with van der Waals surface area (Å²) >= 11 is 11.7. The molecule has 0 unspecified atom stereocenters. The van der Waals surface area contributed by atoms with Crippen molar-refractivity contribution in [2.45, 2.75) is 6.54 Å². The first-order valence-electron chi connectivity index (χ1n) is 7.22. The minimum absolute atomic E-state index is 0.0442. The number of rotatable bonds is 6. The summed E-state index contributed by atoms with van der Waals surface area (Å²) < 4.78 is 0. The van der Waals surface area contributed by atoms with E-state index < -0.39 is 23.5 Å². The second kappa shape index (κ2) is 8.50. The van der Waals surface area contributed by atoms with Crippen molar-refractivity contribution in [3.63, 3.8) is 0 Å². The highest BCUT2D eigenvalue weighted by atomic mass is 35.5. The maximum Gasteiger partial charge on any atom is 0.323 e. The molecule has 0 saturated carbocycles. The minimum atomic E-state index is -1.20. The third-order valence-corrected chi connectivity index (χ3v) is 4.04. The molecule has 0 bridgehead atoms. The van der Waals surface area contributed by atoms with Gasteiger partial charge in [0.05, 0.1) is 15.0 Å². The molecule has 26 heavy (non-hydrogen) atoms. The largest absolute Gasteiger partial charge is 0.480 e. The molecule has 8 nitrogen and oxygen atoms in total. The summed E-state index contributed by atoms with van der Waals surface area (Å²) in [5.41, 5.74) is 0.795. The topological polar surface area (TPSA) is 113 Å². The standard InChI is InChI=1S/C16H13Cl2N3O5/c17-13-6-3-11(7-14(13)18)19-16(24)20(9-15(22)23)8-10-1-4-12(5-2-10)21(25)26/h1-7H,8-9H2,(H,19,24)(H,22,23). The summed E-state index contributed by atoms with van der Waals surface area (Å²) in [5.74, 6) is -1.20. The van der Waals surface area contributed by atoms with Crippen LogP contribution in [-0.4, -0.2) is 33.5 Å². The van der Waals surface area contributed by atoms with Gasteiger partial charge < -0.3 is 15.3 Å². The SMILES string of the molecule is O=C(O)CN(Cc1ccc([N+](=O)[O-])cc1)C(=O)Nc1ccc(Cl)c(Cl)c1. The van der Waals surface area contributed by atoms with Crippen LogP contribution in [0.25, 0.3) is 0 Å². The number of benzene rings is 2. The number of halogens is 2. The number of hydrogen-bond donors (Lipinski definition) is 2. The summed E-state index contributed by atoms with van der Waals surface area (Å²) in [6, 6.07) is 9.28. The average Bonchev–Trinajstić information content (AvgIpc) is 2.57. The summed E-state index contributed by atoms with van der Waals surface area (Å²) in [7, 11) is 0. The number of carbonyl (C=O) groups excluding carboxylic acids is 1. The van der Waals surface area contributed by atoms with E-state index in [4.69, 9.17) is 28.3 Å². The Hall–Kier alpha value is -2.84. The van der Waals surface area contributed by atoms with Crippen LogP contribution in [0.4, 0.5) is 16.2 Å². The first-order chi connectivity index (χ1) is 12.3. The van der Waals surface area contributed by atoms with Crippen LogP contribution in [0.1, 0.15) is 5.56 Å². The van der Waals surface area contributed by atoms with Crippen LogP contribution in [-0.2, 0) is 11.3 Å². The fourth-order valence-electron chi connectivity index (χ4n) is 2.08. The Morgan fingerprint density at radius 2 is 1.77 bits per heavy atom. The second-order valence-electron chi connectivity index (χ2n) is 5.23. The van der Waals surface area contributed by atoms with E-state index in [2.05, 4.69) is 5.32 Å². The molecule has 2 aromatic carbocycles. The lowest BCUT2D eigenvalue weighted by Crippen LogP contribution is -2.38. The van der Waals surface area contributed by atoms with Gasteiger partial charge >= 0.3 is 12.0 Å². The van der Waals surface area contributed by atoms with Crippen LogP contribution in [0, 0.1) is 10.1 Å². The highest BCUT2D eigenvalue weighted by molar-refractivity contribution is 6.42. The molecule has 0 saturated heterocycles. The van der Waals surface area contributed by atoms with E-state index >= 15 is 0 Å². The van der Waals surface area contributed by atoms with Crippen LogP contribution in [0.15, 0.2) is 42.5 Å². The molecule has 136 valence electrons. The van der Waals surface area contributed by atoms with Gasteiger partial charge in [0.1, 0.15) is 6.54 Å². The number of amides is 2. The second-order valence-corrected chi connectivity index (χ2v) is 6.05. The van der Waals surface area contributed by atoms with Crippen molar-refractivity contribution in [2.75, 3.05) is 11.9 Å². The van der Waals surface area contributed by atoms with Crippen molar-refractivity contribution >= 4 is 46.6 Å². The van der Waals surface area contributed by atoms with Gasteiger partial charge in [0, 0.05) is 24.4 Å². The van der Waals surface area contributed by atoms with E-state index in [0.29, 0.717) is 16.3 Å². The Labute approximate surface area is 158 Å². The lowest BCUT2D eigenvalue weighted by molar-refractivity contribution is -0.384. The van der Waals surface area contributed by atoms with E-state index in [1.165, 1.54) is 42.5 Å². The molecule has 0 aliphatic carbocycles. The number of anilines is 1. The van der Waals surface area contributed by atoms with E-state index in [1.54, 1.807) is 0 Å². The van der Waals surface area contributed by atoms with Crippen molar-refractivity contribution in [2.24, 2.45) is 0 Å². The van der Waals surface area contributed by atoms with Gasteiger partial charge in [-0.25, -0.2) is 4.79 Å². The molecule has 0 aromatic heterocycles. The Morgan fingerprint density at radius 1 is 1.12 bits per heavy atom. The highest BCUT2D eigenvalue weighted by Crippen LogP contribution is 2.25. The maximum atomic E-state index is 12.4. The summed E-state index contributed by atoms with van der Waals surface area (Å²) in [5, 5.41) is 22.8. The third kappa shape index (κ3) is 5.33. The number of non-ortho nitro benzene ring substituents is 1. The average molecular weight is 398 g/mol. The van der Waals surface area contributed by atoms with Gasteiger partial charge in [-0.15, -0.1) is 0 Å². The maximum absolute atomic E-state index is 12.4.